The zero-order chi connectivity index (χ0) is 13.8. The maximum atomic E-state index is 10.2. The number of benzene rings is 3. The van der Waals surface area contributed by atoms with Crippen LogP contribution in [0, 0.1) is 0 Å². The Morgan fingerprint density at radius 2 is 1.00 bits per heavy atom. The fraction of sp³-hybridized carbons (Fsp3) is 0. The molecule has 1 nitrogen and oxygen atoms in total. The summed E-state index contributed by atoms with van der Waals surface area (Å²) in [4.78, 5) is 0. The summed E-state index contributed by atoms with van der Waals surface area (Å²) < 4.78 is 0. The first-order valence-corrected chi connectivity index (χ1v) is 8.12. The third-order valence-corrected chi connectivity index (χ3v) is 6.08. The van der Waals surface area contributed by atoms with Crippen molar-refractivity contribution in [1.29, 1.82) is 0 Å². The average molecular weight is 279 g/mol. The second-order valence-corrected chi connectivity index (χ2v) is 7.07. The molecule has 0 bridgehead atoms. The molecule has 3 aromatic rings. The van der Waals surface area contributed by atoms with E-state index in [4.69, 9.17) is 0 Å². The van der Waals surface area contributed by atoms with Gasteiger partial charge in [0.15, 0.2) is 5.75 Å². The van der Waals surface area contributed by atoms with Crippen LogP contribution in [0.4, 0.5) is 0 Å². The molecule has 2 heteroatoms. The first kappa shape index (κ1) is 12.9. The van der Waals surface area contributed by atoms with E-state index in [0.717, 1.165) is 5.30 Å². The van der Waals surface area contributed by atoms with Gasteiger partial charge in [0.2, 0.25) is 0 Å². The van der Waals surface area contributed by atoms with E-state index in [2.05, 4.69) is 48.5 Å². The lowest BCUT2D eigenvalue weighted by Gasteiger charge is -2.11. The summed E-state index contributed by atoms with van der Waals surface area (Å²) in [6.07, 6.45) is 0. The minimum absolute atomic E-state index is 0.383. The van der Waals surface area contributed by atoms with E-state index in [-0.39, 0.29) is 0 Å². The Balaban J connectivity index is 2.17. The third kappa shape index (κ3) is 2.59. The fourth-order valence-corrected chi connectivity index (χ4v) is 4.98. The van der Waals surface area contributed by atoms with E-state index in [1.165, 1.54) is 10.6 Å². The molecule has 0 spiro atoms. The Kier molecular flexibility index (Phi) is 3.80. The number of phenols is 1. The Labute approximate surface area is 120 Å². The highest BCUT2D eigenvalue weighted by Gasteiger charge is 2.27. The molecule has 0 aromatic heterocycles. The van der Waals surface area contributed by atoms with Crippen LogP contribution in [0.3, 0.4) is 0 Å². The van der Waals surface area contributed by atoms with Crippen molar-refractivity contribution in [2.24, 2.45) is 0 Å². The van der Waals surface area contributed by atoms with Gasteiger partial charge in [-0.05, 0) is 36.4 Å². The molecule has 3 rings (SSSR count). The number of para-hydroxylation sites is 1. The minimum atomic E-state index is -1.16. The molecule has 0 unspecified atom stereocenters. The van der Waals surface area contributed by atoms with Crippen LogP contribution in [-0.2, 0) is 0 Å². The van der Waals surface area contributed by atoms with Gasteiger partial charge in [-0.3, -0.25) is 0 Å². The van der Waals surface area contributed by atoms with Crippen molar-refractivity contribution < 1.29 is 5.11 Å². The molecule has 0 aliphatic rings. The molecule has 0 aliphatic heterocycles. The van der Waals surface area contributed by atoms with Crippen LogP contribution in [0.1, 0.15) is 0 Å². The highest BCUT2D eigenvalue weighted by atomic mass is 31.1. The van der Waals surface area contributed by atoms with Gasteiger partial charge in [0.25, 0.3) is 0 Å². The number of phenolic OH excluding ortho intramolecular Hbond substituents is 1. The average Bonchev–Trinajstić information content (AvgIpc) is 2.52. The number of hydrogen-bond donors (Lipinski definition) is 1. The van der Waals surface area contributed by atoms with Crippen molar-refractivity contribution in [3.8, 4) is 5.75 Å². The largest absolute Gasteiger partial charge is 0.504 e. The van der Waals surface area contributed by atoms with Crippen LogP contribution in [0.25, 0.3) is 0 Å². The fourth-order valence-electron chi connectivity index (χ4n) is 2.37. The smallest absolute Gasteiger partial charge is 0.158 e. The molecule has 3 aromatic carbocycles. The first-order valence-electron chi connectivity index (χ1n) is 6.62. The van der Waals surface area contributed by atoms with Gasteiger partial charge in [-0.25, -0.2) is 0 Å². The molecule has 0 saturated carbocycles. The van der Waals surface area contributed by atoms with Crippen molar-refractivity contribution in [3.63, 3.8) is 0 Å². The topological polar surface area (TPSA) is 20.2 Å². The van der Waals surface area contributed by atoms with E-state index in [1.54, 1.807) is 6.07 Å². The standard InChI is InChI=1S/C18H15OP/c19-17-13-7-8-14-18(17)20(15-9-3-1-4-10-15)16-11-5-2-6-12-16/h1-14,19H/p+1. The van der Waals surface area contributed by atoms with Crippen molar-refractivity contribution in [2.45, 2.75) is 0 Å². The minimum Gasteiger partial charge on any atom is -0.504 e. The maximum absolute atomic E-state index is 10.2. The van der Waals surface area contributed by atoms with E-state index in [0.29, 0.717) is 5.75 Å². The van der Waals surface area contributed by atoms with Gasteiger partial charge in [-0.15, -0.1) is 0 Å². The normalized spacial score (nSPS) is 10.7. The summed E-state index contributed by atoms with van der Waals surface area (Å²) in [6.45, 7) is 0. The lowest BCUT2D eigenvalue weighted by Crippen LogP contribution is -2.20. The first-order chi connectivity index (χ1) is 9.86. The number of rotatable bonds is 3. The maximum Gasteiger partial charge on any atom is 0.158 e. The molecule has 98 valence electrons. The summed E-state index contributed by atoms with van der Waals surface area (Å²) in [7, 11) is -1.16. The van der Waals surface area contributed by atoms with E-state index >= 15 is 0 Å². The highest BCUT2D eigenvalue weighted by Crippen LogP contribution is 2.35. The van der Waals surface area contributed by atoms with Crippen LogP contribution in [0.15, 0.2) is 84.9 Å². The molecular formula is C18H16OP+. The monoisotopic (exact) mass is 279 g/mol. The van der Waals surface area contributed by atoms with Gasteiger partial charge < -0.3 is 5.11 Å². The van der Waals surface area contributed by atoms with Crippen LogP contribution < -0.4 is 15.9 Å². The van der Waals surface area contributed by atoms with E-state index in [9.17, 15) is 5.11 Å². The molecule has 0 radical (unpaired) electrons. The lowest BCUT2D eigenvalue weighted by molar-refractivity contribution is 0.480. The molecule has 0 heterocycles. The Hall–Kier alpha value is -2.11. The molecule has 0 fully saturated rings. The summed E-state index contributed by atoms with van der Waals surface area (Å²) in [5.74, 6) is 0.383. The molecule has 0 saturated heterocycles. The number of hydrogen-bond acceptors (Lipinski definition) is 1. The molecule has 0 amide bonds. The van der Waals surface area contributed by atoms with Crippen molar-refractivity contribution in [1.82, 2.24) is 0 Å². The molecule has 20 heavy (non-hydrogen) atoms. The van der Waals surface area contributed by atoms with Gasteiger partial charge in [-0.1, -0.05) is 48.5 Å². The predicted molar refractivity (Wildman–Crippen MR) is 88.2 cm³/mol. The Morgan fingerprint density at radius 3 is 1.50 bits per heavy atom. The number of aromatic hydroxyl groups is 1. The van der Waals surface area contributed by atoms with Crippen molar-refractivity contribution >= 4 is 23.8 Å². The lowest BCUT2D eigenvalue weighted by atomic mass is 10.3. The van der Waals surface area contributed by atoms with E-state index < -0.39 is 7.92 Å². The summed E-state index contributed by atoms with van der Waals surface area (Å²) >= 11 is 0. The quantitative estimate of drug-likeness (QED) is 0.731. The molecular weight excluding hydrogens is 263 g/mol. The van der Waals surface area contributed by atoms with Gasteiger partial charge in [-0.2, -0.15) is 0 Å². The highest BCUT2D eigenvalue weighted by molar-refractivity contribution is 7.80. The van der Waals surface area contributed by atoms with Crippen molar-refractivity contribution in [3.05, 3.63) is 84.9 Å². The Morgan fingerprint density at radius 1 is 0.550 bits per heavy atom. The predicted octanol–water partition coefficient (Wildman–Crippen LogP) is 2.88. The van der Waals surface area contributed by atoms with E-state index in [1.807, 2.05) is 30.3 Å². The second kappa shape index (κ2) is 5.90. The van der Waals surface area contributed by atoms with Crippen LogP contribution in [-0.4, -0.2) is 5.11 Å². The van der Waals surface area contributed by atoms with Crippen molar-refractivity contribution in [2.75, 3.05) is 0 Å². The third-order valence-electron chi connectivity index (χ3n) is 3.30. The second-order valence-electron chi connectivity index (χ2n) is 4.62. The molecule has 0 atom stereocenters. The van der Waals surface area contributed by atoms with Gasteiger partial charge in [0.1, 0.15) is 23.8 Å². The summed E-state index contributed by atoms with van der Waals surface area (Å²) in [5.41, 5.74) is 0. The summed E-state index contributed by atoms with van der Waals surface area (Å²) in [6, 6.07) is 28.5. The summed E-state index contributed by atoms with van der Waals surface area (Å²) in [5, 5.41) is 13.8. The van der Waals surface area contributed by atoms with Crippen LogP contribution >= 0.6 is 7.92 Å². The van der Waals surface area contributed by atoms with Crippen LogP contribution in [0.2, 0.25) is 0 Å². The SMILES string of the molecule is Oc1ccccc1[PH+](c1ccccc1)c1ccccc1. The Bertz CT molecular complexity index is 641. The zero-order valence-electron chi connectivity index (χ0n) is 11.0. The molecule has 0 aliphatic carbocycles. The van der Waals surface area contributed by atoms with Gasteiger partial charge in [0.05, 0.1) is 0 Å². The van der Waals surface area contributed by atoms with Gasteiger partial charge in [0, 0.05) is 0 Å². The molecule has 1 N–H and O–H groups in total. The zero-order valence-corrected chi connectivity index (χ0v) is 12.0. The van der Waals surface area contributed by atoms with Gasteiger partial charge >= 0.3 is 0 Å². The van der Waals surface area contributed by atoms with Crippen LogP contribution in [0.5, 0.6) is 5.75 Å².